The SMILES string of the molecule is Oc1cccc(CC[C@@H]2CCCCN2Cc2cc(-c3ccccn3)no2)c1. The lowest BCUT2D eigenvalue weighted by Gasteiger charge is -2.35. The topological polar surface area (TPSA) is 62.4 Å². The van der Waals surface area contributed by atoms with E-state index in [1.165, 1.54) is 24.8 Å². The molecule has 1 saturated heterocycles. The van der Waals surface area contributed by atoms with Gasteiger partial charge in [-0.2, -0.15) is 0 Å². The van der Waals surface area contributed by atoms with Crippen LogP contribution in [0.1, 0.15) is 37.0 Å². The Balaban J connectivity index is 1.40. The van der Waals surface area contributed by atoms with E-state index in [2.05, 4.69) is 21.1 Å². The molecule has 0 saturated carbocycles. The summed E-state index contributed by atoms with van der Waals surface area (Å²) in [5, 5.41) is 13.8. The van der Waals surface area contributed by atoms with Crippen LogP contribution in [0.15, 0.2) is 59.3 Å². The molecule has 0 aliphatic carbocycles. The van der Waals surface area contributed by atoms with Crippen molar-refractivity contribution in [1.29, 1.82) is 0 Å². The molecule has 140 valence electrons. The third kappa shape index (κ3) is 4.55. The molecule has 5 heteroatoms. The number of benzene rings is 1. The van der Waals surface area contributed by atoms with Crippen LogP contribution in [0.5, 0.6) is 5.75 Å². The van der Waals surface area contributed by atoms with Crippen LogP contribution in [0, 0.1) is 0 Å². The highest BCUT2D eigenvalue weighted by molar-refractivity contribution is 5.52. The Kier molecular flexibility index (Phi) is 5.49. The second-order valence-electron chi connectivity index (χ2n) is 7.22. The summed E-state index contributed by atoms with van der Waals surface area (Å²) < 4.78 is 5.58. The van der Waals surface area contributed by atoms with Gasteiger partial charge in [0.2, 0.25) is 0 Å². The van der Waals surface area contributed by atoms with Crippen LogP contribution in [0.25, 0.3) is 11.4 Å². The predicted octanol–water partition coefficient (Wildman–Crippen LogP) is 4.43. The standard InChI is InChI=1S/C22H25N3O2/c26-19-8-5-6-17(14-19)10-11-18-7-2-4-13-25(18)16-20-15-22(24-27-20)21-9-1-3-12-23-21/h1,3,5-6,8-9,12,14-15,18,26H,2,4,7,10-11,13,16H2/t18-/m0/s1. The molecule has 1 fully saturated rings. The largest absolute Gasteiger partial charge is 0.508 e. The first-order valence-corrected chi connectivity index (χ1v) is 9.67. The zero-order valence-electron chi connectivity index (χ0n) is 15.4. The molecule has 1 aromatic carbocycles. The minimum atomic E-state index is 0.344. The molecular formula is C22H25N3O2. The Hall–Kier alpha value is -2.66. The second-order valence-corrected chi connectivity index (χ2v) is 7.22. The van der Waals surface area contributed by atoms with Crippen molar-refractivity contribution in [2.45, 2.75) is 44.7 Å². The zero-order valence-corrected chi connectivity index (χ0v) is 15.4. The van der Waals surface area contributed by atoms with Crippen LogP contribution in [0.3, 0.4) is 0 Å². The maximum atomic E-state index is 9.66. The first kappa shape index (κ1) is 17.7. The summed E-state index contributed by atoms with van der Waals surface area (Å²) in [6, 6.07) is 15.9. The molecule has 2 aromatic heterocycles. The van der Waals surface area contributed by atoms with Crippen molar-refractivity contribution in [3.8, 4) is 17.1 Å². The Labute approximate surface area is 159 Å². The number of piperidine rings is 1. The van der Waals surface area contributed by atoms with Gasteiger partial charge in [-0.25, -0.2) is 0 Å². The van der Waals surface area contributed by atoms with E-state index < -0.39 is 0 Å². The summed E-state index contributed by atoms with van der Waals surface area (Å²) in [7, 11) is 0. The van der Waals surface area contributed by atoms with Crippen molar-refractivity contribution >= 4 is 0 Å². The smallest absolute Gasteiger partial charge is 0.151 e. The average molecular weight is 363 g/mol. The maximum Gasteiger partial charge on any atom is 0.151 e. The number of likely N-dealkylation sites (tertiary alicyclic amines) is 1. The van der Waals surface area contributed by atoms with Gasteiger partial charge in [0.15, 0.2) is 5.76 Å². The van der Waals surface area contributed by atoms with E-state index in [1.54, 1.807) is 12.3 Å². The molecule has 0 spiro atoms. The molecule has 0 bridgehead atoms. The highest BCUT2D eigenvalue weighted by Gasteiger charge is 2.23. The molecule has 1 N–H and O–H groups in total. The molecule has 5 nitrogen and oxygen atoms in total. The minimum absolute atomic E-state index is 0.344. The van der Waals surface area contributed by atoms with Gasteiger partial charge in [0.1, 0.15) is 11.4 Å². The number of hydrogen-bond acceptors (Lipinski definition) is 5. The van der Waals surface area contributed by atoms with E-state index in [0.717, 1.165) is 43.1 Å². The van der Waals surface area contributed by atoms with Gasteiger partial charge < -0.3 is 9.63 Å². The maximum absolute atomic E-state index is 9.66. The monoisotopic (exact) mass is 363 g/mol. The molecule has 27 heavy (non-hydrogen) atoms. The van der Waals surface area contributed by atoms with Crippen molar-refractivity contribution in [3.05, 3.63) is 66.1 Å². The number of nitrogens with zero attached hydrogens (tertiary/aromatic N) is 3. The average Bonchev–Trinajstić information content (AvgIpc) is 3.17. The molecule has 1 aliphatic rings. The van der Waals surface area contributed by atoms with Gasteiger partial charge >= 0.3 is 0 Å². The molecule has 0 amide bonds. The van der Waals surface area contributed by atoms with Crippen molar-refractivity contribution in [3.63, 3.8) is 0 Å². The Morgan fingerprint density at radius 2 is 2.04 bits per heavy atom. The van der Waals surface area contributed by atoms with Crippen molar-refractivity contribution in [1.82, 2.24) is 15.0 Å². The first-order valence-electron chi connectivity index (χ1n) is 9.67. The molecule has 0 radical (unpaired) electrons. The van der Waals surface area contributed by atoms with Crippen LogP contribution < -0.4 is 0 Å². The number of aryl methyl sites for hydroxylation is 1. The van der Waals surface area contributed by atoms with E-state index in [9.17, 15) is 5.11 Å². The molecule has 3 heterocycles. The molecule has 0 unspecified atom stereocenters. The number of aromatic nitrogens is 2. The number of pyridine rings is 1. The summed E-state index contributed by atoms with van der Waals surface area (Å²) in [4.78, 5) is 6.85. The first-order chi connectivity index (χ1) is 13.3. The van der Waals surface area contributed by atoms with Crippen molar-refractivity contribution in [2.75, 3.05) is 6.54 Å². The fraction of sp³-hybridized carbons (Fsp3) is 0.364. The van der Waals surface area contributed by atoms with Crippen LogP contribution in [0.2, 0.25) is 0 Å². The van der Waals surface area contributed by atoms with Gasteiger partial charge in [-0.3, -0.25) is 9.88 Å². The lowest BCUT2D eigenvalue weighted by atomic mass is 9.95. The number of phenolic OH excluding ortho intramolecular Hbond substituents is 1. The molecule has 4 rings (SSSR count). The summed E-state index contributed by atoms with van der Waals surface area (Å²) in [6.07, 6.45) is 7.54. The Morgan fingerprint density at radius 3 is 2.89 bits per heavy atom. The van der Waals surface area contributed by atoms with Crippen LogP contribution in [-0.2, 0) is 13.0 Å². The minimum Gasteiger partial charge on any atom is -0.508 e. The van der Waals surface area contributed by atoms with E-state index in [-0.39, 0.29) is 0 Å². The Morgan fingerprint density at radius 1 is 1.07 bits per heavy atom. The zero-order chi connectivity index (χ0) is 18.5. The van der Waals surface area contributed by atoms with Crippen LogP contribution >= 0.6 is 0 Å². The van der Waals surface area contributed by atoms with Gasteiger partial charge in [0.05, 0.1) is 12.2 Å². The molecule has 3 aromatic rings. The van der Waals surface area contributed by atoms with Gasteiger partial charge in [0.25, 0.3) is 0 Å². The summed E-state index contributed by atoms with van der Waals surface area (Å²) in [6.45, 7) is 1.87. The van der Waals surface area contributed by atoms with Crippen molar-refractivity contribution < 1.29 is 9.63 Å². The molecular weight excluding hydrogens is 338 g/mol. The number of rotatable bonds is 6. The van der Waals surface area contributed by atoms with Crippen LogP contribution in [-0.4, -0.2) is 32.7 Å². The number of phenols is 1. The van der Waals surface area contributed by atoms with Gasteiger partial charge in [-0.1, -0.05) is 29.8 Å². The third-order valence-corrected chi connectivity index (χ3v) is 5.27. The number of aromatic hydroxyl groups is 1. The molecule has 1 aliphatic heterocycles. The lowest BCUT2D eigenvalue weighted by molar-refractivity contribution is 0.119. The van der Waals surface area contributed by atoms with E-state index >= 15 is 0 Å². The summed E-state index contributed by atoms with van der Waals surface area (Å²) in [5.41, 5.74) is 2.82. The highest BCUT2D eigenvalue weighted by atomic mass is 16.5. The van der Waals surface area contributed by atoms with E-state index in [4.69, 9.17) is 4.52 Å². The normalized spacial score (nSPS) is 17.9. The van der Waals surface area contributed by atoms with E-state index in [1.807, 2.05) is 36.4 Å². The van der Waals surface area contributed by atoms with Crippen LogP contribution in [0.4, 0.5) is 0 Å². The fourth-order valence-corrected chi connectivity index (χ4v) is 3.86. The summed E-state index contributed by atoms with van der Waals surface area (Å²) >= 11 is 0. The second kappa shape index (κ2) is 8.35. The fourth-order valence-electron chi connectivity index (χ4n) is 3.86. The quantitative estimate of drug-likeness (QED) is 0.702. The van der Waals surface area contributed by atoms with Gasteiger partial charge in [0, 0.05) is 18.3 Å². The van der Waals surface area contributed by atoms with Crippen molar-refractivity contribution in [2.24, 2.45) is 0 Å². The summed E-state index contributed by atoms with van der Waals surface area (Å²) in [5.74, 6) is 1.23. The van der Waals surface area contributed by atoms with Gasteiger partial charge in [-0.05, 0) is 62.1 Å². The number of hydrogen-bond donors (Lipinski definition) is 1. The highest BCUT2D eigenvalue weighted by Crippen LogP contribution is 2.25. The predicted molar refractivity (Wildman–Crippen MR) is 104 cm³/mol. The molecule has 1 atom stereocenters. The lowest BCUT2D eigenvalue weighted by Crippen LogP contribution is -2.39. The van der Waals surface area contributed by atoms with E-state index in [0.29, 0.717) is 11.8 Å². The Bertz CT molecular complexity index is 863. The van der Waals surface area contributed by atoms with Gasteiger partial charge in [-0.15, -0.1) is 0 Å². The third-order valence-electron chi connectivity index (χ3n) is 5.27.